The standard InChI is InChI=1S/C35H48O4/c1-31(2)27-15-17-32(3)25-14-18-34(30(38)39)16-5-6-26(34)24(25)11-12-28(32)33(27,4)20-23-13-19-35(23,31)22-9-7-21(8-10-22)29(36)37/h7-10,23-28H,5-6,11-20H2,1-4H3,(H,36,37)(H,38,39)/t23?,24-,25?,26+,27?,28?,32-,33-,34-,35+/m0/s1. The molecular formula is C35H48O4. The summed E-state index contributed by atoms with van der Waals surface area (Å²) in [5.74, 6) is 2.37. The van der Waals surface area contributed by atoms with Crippen molar-refractivity contribution in [2.75, 3.05) is 0 Å². The third-order valence-electron chi connectivity index (χ3n) is 15.1. The quantitative estimate of drug-likeness (QED) is 0.411. The van der Waals surface area contributed by atoms with E-state index in [0.717, 1.165) is 38.0 Å². The van der Waals surface area contributed by atoms with Crippen molar-refractivity contribution in [3.63, 3.8) is 0 Å². The molecule has 4 heteroatoms. The molecule has 0 spiro atoms. The average molecular weight is 533 g/mol. The summed E-state index contributed by atoms with van der Waals surface area (Å²) >= 11 is 0. The number of aromatic carboxylic acids is 1. The van der Waals surface area contributed by atoms with Crippen LogP contribution in [0.15, 0.2) is 24.3 Å². The minimum atomic E-state index is -0.845. The molecule has 0 amide bonds. The first-order chi connectivity index (χ1) is 18.4. The van der Waals surface area contributed by atoms with E-state index < -0.39 is 17.4 Å². The fourth-order valence-electron chi connectivity index (χ4n) is 13.7. The molecule has 0 heterocycles. The molecule has 0 aromatic heterocycles. The number of carbonyl (C=O) groups is 2. The minimum absolute atomic E-state index is 0.148. The highest BCUT2D eigenvalue weighted by molar-refractivity contribution is 5.87. The van der Waals surface area contributed by atoms with Gasteiger partial charge in [0.2, 0.25) is 0 Å². The van der Waals surface area contributed by atoms with Gasteiger partial charge in [-0.25, -0.2) is 4.79 Å². The van der Waals surface area contributed by atoms with Crippen LogP contribution in [-0.4, -0.2) is 22.2 Å². The Morgan fingerprint density at radius 1 is 0.744 bits per heavy atom. The molecule has 0 aliphatic heterocycles. The molecule has 6 aliphatic rings. The molecule has 0 radical (unpaired) electrons. The van der Waals surface area contributed by atoms with Gasteiger partial charge in [0.05, 0.1) is 11.0 Å². The molecule has 2 N–H and O–H groups in total. The highest BCUT2D eigenvalue weighted by atomic mass is 16.4. The van der Waals surface area contributed by atoms with Gasteiger partial charge in [-0.15, -0.1) is 0 Å². The molecule has 39 heavy (non-hydrogen) atoms. The summed E-state index contributed by atoms with van der Waals surface area (Å²) in [6.07, 6.45) is 14.0. The average Bonchev–Trinajstić information content (AvgIpc) is 3.32. The van der Waals surface area contributed by atoms with Crippen LogP contribution in [0.1, 0.15) is 121 Å². The Kier molecular flexibility index (Phi) is 5.44. The van der Waals surface area contributed by atoms with E-state index in [4.69, 9.17) is 0 Å². The maximum absolute atomic E-state index is 12.5. The number of hydrogen-bond donors (Lipinski definition) is 2. The van der Waals surface area contributed by atoms with E-state index in [-0.39, 0.29) is 10.8 Å². The van der Waals surface area contributed by atoms with Crippen LogP contribution in [0.5, 0.6) is 0 Å². The molecule has 7 rings (SSSR count). The van der Waals surface area contributed by atoms with Gasteiger partial charge < -0.3 is 10.2 Å². The maximum Gasteiger partial charge on any atom is 0.335 e. The number of carboxylic acids is 2. The molecule has 1 aromatic carbocycles. The van der Waals surface area contributed by atoms with Crippen LogP contribution in [0.3, 0.4) is 0 Å². The fraction of sp³-hybridized carbons (Fsp3) is 0.771. The van der Waals surface area contributed by atoms with Crippen LogP contribution in [0.25, 0.3) is 0 Å². The van der Waals surface area contributed by atoms with Crippen molar-refractivity contribution in [1.82, 2.24) is 0 Å². The normalized spacial score (nSPS) is 49.3. The molecule has 4 nitrogen and oxygen atoms in total. The molecule has 6 saturated carbocycles. The molecule has 6 fully saturated rings. The number of carboxylic acid groups (broad SMARTS) is 2. The van der Waals surface area contributed by atoms with Crippen molar-refractivity contribution in [1.29, 1.82) is 0 Å². The smallest absolute Gasteiger partial charge is 0.335 e. The third-order valence-corrected chi connectivity index (χ3v) is 15.1. The lowest BCUT2D eigenvalue weighted by Gasteiger charge is -2.75. The molecule has 212 valence electrons. The number of aliphatic carboxylic acids is 1. The van der Waals surface area contributed by atoms with E-state index in [1.165, 1.54) is 50.5 Å². The van der Waals surface area contributed by atoms with Crippen molar-refractivity contribution >= 4 is 11.9 Å². The van der Waals surface area contributed by atoms with Crippen LogP contribution in [0.4, 0.5) is 0 Å². The lowest BCUT2D eigenvalue weighted by molar-refractivity contribution is -0.241. The van der Waals surface area contributed by atoms with Gasteiger partial charge in [0.25, 0.3) is 0 Å². The Bertz CT molecular complexity index is 1200. The highest BCUT2D eigenvalue weighted by Crippen LogP contribution is 2.78. The van der Waals surface area contributed by atoms with E-state index in [9.17, 15) is 19.8 Å². The Morgan fingerprint density at radius 3 is 2.13 bits per heavy atom. The minimum Gasteiger partial charge on any atom is -0.481 e. The van der Waals surface area contributed by atoms with Gasteiger partial charge in [-0.1, -0.05) is 46.2 Å². The Labute approximate surface area is 234 Å². The Balaban J connectivity index is 1.22. The lowest BCUT2D eigenvalue weighted by Crippen LogP contribution is -2.70. The SMILES string of the molecule is CC1(C)C2CC[C@@]3(C)C4CC[C@@]5(C(=O)O)CCC[C@@H]5[C@H]4CCC3[C@@]2(C)CC2CC[C@@]21c1ccc(C(=O)O)cc1. The van der Waals surface area contributed by atoms with Gasteiger partial charge >= 0.3 is 11.9 Å². The molecule has 0 bridgehead atoms. The van der Waals surface area contributed by atoms with Crippen LogP contribution < -0.4 is 0 Å². The molecular weight excluding hydrogens is 484 g/mol. The number of benzene rings is 1. The zero-order valence-corrected chi connectivity index (χ0v) is 24.5. The monoisotopic (exact) mass is 532 g/mol. The van der Waals surface area contributed by atoms with Crippen molar-refractivity contribution in [2.45, 2.75) is 110 Å². The van der Waals surface area contributed by atoms with Crippen molar-refractivity contribution in [2.24, 2.45) is 57.2 Å². The zero-order valence-electron chi connectivity index (χ0n) is 24.5. The van der Waals surface area contributed by atoms with E-state index in [1.54, 1.807) is 0 Å². The van der Waals surface area contributed by atoms with Gasteiger partial charge in [-0.3, -0.25) is 4.79 Å². The Morgan fingerprint density at radius 2 is 1.49 bits per heavy atom. The van der Waals surface area contributed by atoms with Crippen molar-refractivity contribution in [3.05, 3.63) is 35.4 Å². The molecule has 1 aromatic rings. The second-order valence-corrected chi connectivity index (χ2v) is 16.0. The summed E-state index contributed by atoms with van der Waals surface area (Å²) in [5.41, 5.74) is 2.26. The van der Waals surface area contributed by atoms with Crippen molar-refractivity contribution < 1.29 is 19.8 Å². The first-order valence-electron chi connectivity index (χ1n) is 16.0. The first-order valence-corrected chi connectivity index (χ1v) is 16.0. The topological polar surface area (TPSA) is 74.6 Å². The molecule has 10 atom stereocenters. The zero-order chi connectivity index (χ0) is 27.6. The van der Waals surface area contributed by atoms with Gasteiger partial charge in [0, 0.05) is 5.41 Å². The summed E-state index contributed by atoms with van der Waals surface area (Å²) in [4.78, 5) is 24.1. The van der Waals surface area contributed by atoms with E-state index in [2.05, 4.69) is 39.8 Å². The number of fused-ring (bicyclic) bond motifs is 8. The van der Waals surface area contributed by atoms with Crippen LogP contribution in [0, 0.1) is 57.2 Å². The van der Waals surface area contributed by atoms with E-state index in [1.807, 2.05) is 12.1 Å². The summed E-state index contributed by atoms with van der Waals surface area (Å²) < 4.78 is 0. The van der Waals surface area contributed by atoms with Crippen LogP contribution >= 0.6 is 0 Å². The summed E-state index contributed by atoms with van der Waals surface area (Å²) in [6, 6.07) is 7.93. The summed E-state index contributed by atoms with van der Waals surface area (Å²) in [5, 5.41) is 19.8. The van der Waals surface area contributed by atoms with Gasteiger partial charge in [-0.2, -0.15) is 0 Å². The number of rotatable bonds is 3. The molecule has 4 unspecified atom stereocenters. The summed E-state index contributed by atoms with van der Waals surface area (Å²) in [7, 11) is 0. The summed E-state index contributed by atoms with van der Waals surface area (Å²) in [6.45, 7) is 10.4. The lowest BCUT2D eigenvalue weighted by atomic mass is 9.29. The second kappa shape index (κ2) is 8.13. The van der Waals surface area contributed by atoms with Gasteiger partial charge in [-0.05, 0) is 140 Å². The predicted molar refractivity (Wildman–Crippen MR) is 151 cm³/mol. The van der Waals surface area contributed by atoms with E-state index in [0.29, 0.717) is 46.0 Å². The Hall–Kier alpha value is -1.84. The van der Waals surface area contributed by atoms with Crippen LogP contribution in [0.2, 0.25) is 0 Å². The number of hydrogen-bond acceptors (Lipinski definition) is 2. The fourth-order valence-corrected chi connectivity index (χ4v) is 13.7. The maximum atomic E-state index is 12.5. The van der Waals surface area contributed by atoms with Gasteiger partial charge in [0.1, 0.15) is 0 Å². The highest BCUT2D eigenvalue weighted by Gasteiger charge is 2.72. The predicted octanol–water partition coefficient (Wildman–Crippen LogP) is 8.19. The molecule has 0 saturated heterocycles. The first kappa shape index (κ1) is 26.1. The molecule has 6 aliphatic carbocycles. The van der Waals surface area contributed by atoms with Crippen molar-refractivity contribution in [3.8, 4) is 0 Å². The van der Waals surface area contributed by atoms with Crippen LogP contribution in [-0.2, 0) is 10.2 Å². The largest absolute Gasteiger partial charge is 0.481 e. The second-order valence-electron chi connectivity index (χ2n) is 16.0. The van der Waals surface area contributed by atoms with Gasteiger partial charge in [0.15, 0.2) is 0 Å². The van der Waals surface area contributed by atoms with E-state index >= 15 is 0 Å². The third kappa shape index (κ3) is 3.02.